The Morgan fingerprint density at radius 2 is 1.64 bits per heavy atom. The summed E-state index contributed by atoms with van der Waals surface area (Å²) in [4.78, 5) is 7.05. The second kappa shape index (κ2) is 6.85. The van der Waals surface area contributed by atoms with Gasteiger partial charge in [0.15, 0.2) is 0 Å². The number of hydrogen-bond donors (Lipinski definition) is 0. The fourth-order valence-corrected chi connectivity index (χ4v) is 5.84. The summed E-state index contributed by atoms with van der Waals surface area (Å²) in [5.74, 6) is 0.897. The summed E-state index contributed by atoms with van der Waals surface area (Å²) < 4.78 is 32.0. The number of pyridine rings is 1. The molecular formula is C18H27N3O3S. The van der Waals surface area contributed by atoms with E-state index in [-0.39, 0.29) is 4.90 Å². The zero-order valence-corrected chi connectivity index (χ0v) is 15.5. The van der Waals surface area contributed by atoms with Crippen molar-refractivity contribution in [2.75, 3.05) is 44.3 Å². The highest BCUT2D eigenvalue weighted by Gasteiger charge is 2.37. The third kappa shape index (κ3) is 3.41. The molecule has 1 aromatic rings. The van der Waals surface area contributed by atoms with E-state index in [4.69, 9.17) is 4.74 Å². The maximum atomic E-state index is 12.7. The molecule has 0 unspecified atom stereocenters. The highest BCUT2D eigenvalue weighted by atomic mass is 32.2. The van der Waals surface area contributed by atoms with Crippen LogP contribution in [0.3, 0.4) is 0 Å². The first-order valence-corrected chi connectivity index (χ1v) is 10.8. The second-order valence-electron chi connectivity index (χ2n) is 7.56. The van der Waals surface area contributed by atoms with Crippen molar-refractivity contribution in [3.8, 4) is 0 Å². The van der Waals surface area contributed by atoms with Crippen molar-refractivity contribution in [3.05, 3.63) is 18.3 Å². The van der Waals surface area contributed by atoms with E-state index in [2.05, 4.69) is 9.88 Å². The van der Waals surface area contributed by atoms with Crippen LogP contribution in [0.5, 0.6) is 0 Å². The van der Waals surface area contributed by atoms with Crippen LogP contribution in [0.4, 0.5) is 5.82 Å². The van der Waals surface area contributed by atoms with Crippen LogP contribution in [0.25, 0.3) is 0 Å². The SMILES string of the molecule is O=S(=O)(c1ccc(N2CCC3(CCCC3)CC2)nc1)N1CCOCC1. The molecule has 0 aromatic carbocycles. The summed E-state index contributed by atoms with van der Waals surface area (Å²) in [6, 6.07) is 3.56. The summed E-state index contributed by atoms with van der Waals surface area (Å²) in [5.41, 5.74) is 0.579. The summed E-state index contributed by atoms with van der Waals surface area (Å²) >= 11 is 0. The van der Waals surface area contributed by atoms with Crippen LogP contribution in [0.2, 0.25) is 0 Å². The highest BCUT2D eigenvalue weighted by molar-refractivity contribution is 7.89. The minimum absolute atomic E-state index is 0.280. The van der Waals surface area contributed by atoms with Crippen LogP contribution in [0, 0.1) is 5.41 Å². The van der Waals surface area contributed by atoms with Gasteiger partial charge in [0.2, 0.25) is 10.0 Å². The quantitative estimate of drug-likeness (QED) is 0.822. The third-order valence-corrected chi connectivity index (χ3v) is 8.02. The van der Waals surface area contributed by atoms with Crippen molar-refractivity contribution in [2.24, 2.45) is 5.41 Å². The molecule has 0 bridgehead atoms. The molecule has 3 fully saturated rings. The van der Waals surface area contributed by atoms with E-state index in [1.165, 1.54) is 49.0 Å². The number of sulfonamides is 1. The standard InChI is InChI=1S/C18H27N3O3S/c22-25(23,21-11-13-24-14-12-21)16-3-4-17(19-15-16)20-9-7-18(8-10-20)5-1-2-6-18/h3-4,15H,1-2,5-14H2. The number of ether oxygens (including phenoxy) is 1. The first kappa shape index (κ1) is 17.2. The molecule has 1 saturated carbocycles. The van der Waals surface area contributed by atoms with Gasteiger partial charge in [-0.25, -0.2) is 13.4 Å². The monoisotopic (exact) mass is 365 g/mol. The van der Waals surface area contributed by atoms with Crippen LogP contribution < -0.4 is 4.90 Å². The molecule has 0 amide bonds. The molecule has 6 nitrogen and oxygen atoms in total. The molecule has 2 aliphatic heterocycles. The van der Waals surface area contributed by atoms with Crippen LogP contribution in [0.15, 0.2) is 23.2 Å². The summed E-state index contributed by atoms with van der Waals surface area (Å²) in [6.45, 7) is 3.81. The number of hydrogen-bond acceptors (Lipinski definition) is 5. The minimum Gasteiger partial charge on any atom is -0.379 e. The van der Waals surface area contributed by atoms with Gasteiger partial charge >= 0.3 is 0 Å². The first-order valence-electron chi connectivity index (χ1n) is 9.38. The van der Waals surface area contributed by atoms with Gasteiger partial charge in [-0.15, -0.1) is 0 Å². The molecule has 25 heavy (non-hydrogen) atoms. The smallest absolute Gasteiger partial charge is 0.244 e. The third-order valence-electron chi connectivity index (χ3n) is 6.14. The van der Waals surface area contributed by atoms with Gasteiger partial charge in [-0.05, 0) is 43.2 Å². The van der Waals surface area contributed by atoms with Gasteiger partial charge in [0.1, 0.15) is 10.7 Å². The number of nitrogens with zero attached hydrogens (tertiary/aromatic N) is 3. The summed E-state index contributed by atoms with van der Waals surface area (Å²) in [7, 11) is -3.46. The van der Waals surface area contributed by atoms with E-state index in [0.29, 0.717) is 31.7 Å². The maximum absolute atomic E-state index is 12.7. The molecule has 138 valence electrons. The Bertz CT molecular complexity index is 683. The van der Waals surface area contributed by atoms with E-state index in [1.807, 2.05) is 6.07 Å². The Hall–Kier alpha value is -1.18. The number of rotatable bonds is 3. The number of anilines is 1. The van der Waals surface area contributed by atoms with Crippen molar-refractivity contribution >= 4 is 15.8 Å². The van der Waals surface area contributed by atoms with Crippen LogP contribution in [-0.4, -0.2) is 57.1 Å². The molecule has 1 spiro atoms. The zero-order chi connectivity index (χ0) is 17.3. The van der Waals surface area contributed by atoms with Crippen LogP contribution >= 0.6 is 0 Å². The molecule has 4 rings (SSSR count). The molecule has 0 atom stereocenters. The molecule has 2 saturated heterocycles. The van der Waals surface area contributed by atoms with Gasteiger partial charge in [-0.1, -0.05) is 12.8 Å². The average Bonchev–Trinajstić information content (AvgIpc) is 3.11. The molecular weight excluding hydrogens is 338 g/mol. The van der Waals surface area contributed by atoms with Crippen LogP contribution in [-0.2, 0) is 14.8 Å². The molecule has 3 aliphatic rings. The predicted molar refractivity (Wildman–Crippen MR) is 96.2 cm³/mol. The number of aromatic nitrogens is 1. The Morgan fingerprint density at radius 1 is 0.960 bits per heavy atom. The van der Waals surface area contributed by atoms with Gasteiger partial charge < -0.3 is 9.64 Å². The number of morpholine rings is 1. The first-order chi connectivity index (χ1) is 12.1. The van der Waals surface area contributed by atoms with Crippen molar-refractivity contribution < 1.29 is 13.2 Å². The molecule has 7 heteroatoms. The Morgan fingerprint density at radius 3 is 2.24 bits per heavy atom. The second-order valence-corrected chi connectivity index (χ2v) is 9.50. The lowest BCUT2D eigenvalue weighted by Crippen LogP contribution is -2.41. The van der Waals surface area contributed by atoms with Gasteiger partial charge in [0, 0.05) is 32.4 Å². The van der Waals surface area contributed by atoms with Gasteiger partial charge in [-0.2, -0.15) is 4.31 Å². The molecule has 0 N–H and O–H groups in total. The maximum Gasteiger partial charge on any atom is 0.244 e. The normalized spacial score (nSPS) is 24.7. The lowest BCUT2D eigenvalue weighted by atomic mass is 9.77. The average molecular weight is 365 g/mol. The van der Waals surface area contributed by atoms with Gasteiger partial charge in [0.05, 0.1) is 13.2 Å². The molecule has 1 aromatic heterocycles. The van der Waals surface area contributed by atoms with E-state index < -0.39 is 10.0 Å². The topological polar surface area (TPSA) is 62.7 Å². The molecule has 0 radical (unpaired) electrons. The summed E-state index contributed by atoms with van der Waals surface area (Å²) in [6.07, 6.45) is 9.51. The van der Waals surface area contributed by atoms with Crippen molar-refractivity contribution in [3.63, 3.8) is 0 Å². The lowest BCUT2D eigenvalue weighted by Gasteiger charge is -2.40. The van der Waals surface area contributed by atoms with Gasteiger partial charge in [-0.3, -0.25) is 0 Å². The lowest BCUT2D eigenvalue weighted by molar-refractivity contribution is 0.0730. The van der Waals surface area contributed by atoms with E-state index in [0.717, 1.165) is 18.9 Å². The van der Waals surface area contributed by atoms with Crippen molar-refractivity contribution in [1.82, 2.24) is 9.29 Å². The van der Waals surface area contributed by atoms with E-state index in [9.17, 15) is 8.42 Å². The molecule has 1 aliphatic carbocycles. The Balaban J connectivity index is 1.43. The van der Waals surface area contributed by atoms with E-state index >= 15 is 0 Å². The largest absolute Gasteiger partial charge is 0.379 e. The van der Waals surface area contributed by atoms with E-state index in [1.54, 1.807) is 6.07 Å². The molecule has 3 heterocycles. The predicted octanol–water partition coefficient (Wildman–Crippen LogP) is 2.26. The Labute approximate surface area is 150 Å². The van der Waals surface area contributed by atoms with Crippen molar-refractivity contribution in [2.45, 2.75) is 43.4 Å². The summed E-state index contributed by atoms with van der Waals surface area (Å²) in [5, 5.41) is 0. The Kier molecular flexibility index (Phi) is 4.73. The fourth-order valence-electron chi connectivity index (χ4n) is 4.48. The van der Waals surface area contributed by atoms with Gasteiger partial charge in [0.25, 0.3) is 0 Å². The highest BCUT2D eigenvalue weighted by Crippen LogP contribution is 2.46. The number of piperidine rings is 1. The van der Waals surface area contributed by atoms with Crippen LogP contribution in [0.1, 0.15) is 38.5 Å². The zero-order valence-electron chi connectivity index (χ0n) is 14.7. The fraction of sp³-hybridized carbons (Fsp3) is 0.722. The minimum atomic E-state index is -3.46. The van der Waals surface area contributed by atoms with Crippen molar-refractivity contribution in [1.29, 1.82) is 0 Å².